The van der Waals surface area contributed by atoms with Crippen molar-refractivity contribution in [2.45, 2.75) is 6.54 Å². The summed E-state index contributed by atoms with van der Waals surface area (Å²) in [5, 5.41) is 20.2. The Morgan fingerprint density at radius 3 is 2.86 bits per heavy atom. The molecule has 28 heavy (non-hydrogen) atoms. The van der Waals surface area contributed by atoms with E-state index in [0.29, 0.717) is 17.7 Å². The number of amides is 1. The first kappa shape index (κ1) is 17.5. The van der Waals surface area contributed by atoms with Crippen LogP contribution in [0.1, 0.15) is 21.5 Å². The molecule has 0 saturated heterocycles. The van der Waals surface area contributed by atoms with E-state index in [4.69, 9.17) is 0 Å². The van der Waals surface area contributed by atoms with Gasteiger partial charge in [0, 0.05) is 23.5 Å². The van der Waals surface area contributed by atoms with Crippen LogP contribution in [0.2, 0.25) is 0 Å². The van der Waals surface area contributed by atoms with Crippen molar-refractivity contribution in [2.75, 3.05) is 0 Å². The molecule has 0 fully saturated rings. The normalized spacial score (nSPS) is 11.1. The number of fused-ring (bicyclic) bond motifs is 1. The number of hydrazone groups is 1. The summed E-state index contributed by atoms with van der Waals surface area (Å²) in [4.78, 5) is 12.4. The van der Waals surface area contributed by atoms with Crippen LogP contribution < -0.4 is 5.43 Å². The Balaban J connectivity index is 1.50. The van der Waals surface area contributed by atoms with E-state index < -0.39 is 0 Å². The minimum atomic E-state index is -0.321. The average Bonchev–Trinajstić information content (AvgIpc) is 3.23. The number of hydrogen-bond acceptors (Lipinski definition) is 4. The van der Waals surface area contributed by atoms with Crippen molar-refractivity contribution in [3.63, 3.8) is 0 Å². The average molecular weight is 370 g/mol. The van der Waals surface area contributed by atoms with Gasteiger partial charge in [0.05, 0.1) is 12.8 Å². The number of benzene rings is 3. The first-order valence-corrected chi connectivity index (χ1v) is 8.81. The van der Waals surface area contributed by atoms with Crippen LogP contribution >= 0.6 is 0 Å². The number of rotatable bonds is 5. The molecule has 138 valence electrons. The van der Waals surface area contributed by atoms with Gasteiger partial charge in [-0.05, 0) is 40.6 Å². The Bertz CT molecular complexity index is 1150. The summed E-state index contributed by atoms with van der Waals surface area (Å²) in [5.41, 5.74) is 4.55. The van der Waals surface area contributed by atoms with Crippen molar-refractivity contribution >= 4 is 22.9 Å². The summed E-state index contributed by atoms with van der Waals surface area (Å²) < 4.78 is 1.79. The van der Waals surface area contributed by atoms with Gasteiger partial charge in [-0.25, -0.2) is 5.43 Å². The Labute approximate surface area is 161 Å². The summed E-state index contributed by atoms with van der Waals surface area (Å²) in [6.07, 6.45) is 5.05. The van der Waals surface area contributed by atoms with Gasteiger partial charge in [0.2, 0.25) is 0 Å². The van der Waals surface area contributed by atoms with Gasteiger partial charge in [-0.15, -0.1) is 0 Å². The van der Waals surface area contributed by atoms with Crippen molar-refractivity contribution in [3.8, 4) is 5.75 Å². The van der Waals surface area contributed by atoms with Gasteiger partial charge in [-0.1, -0.05) is 42.5 Å². The topological polar surface area (TPSA) is 79.5 Å². The van der Waals surface area contributed by atoms with Crippen LogP contribution in [0.5, 0.6) is 5.75 Å². The summed E-state index contributed by atoms with van der Waals surface area (Å²) in [6.45, 7) is 0.585. The van der Waals surface area contributed by atoms with Crippen LogP contribution in [0.25, 0.3) is 10.8 Å². The number of phenols is 1. The predicted molar refractivity (Wildman–Crippen MR) is 108 cm³/mol. The lowest BCUT2D eigenvalue weighted by molar-refractivity contribution is 0.0955. The number of phenolic OH excluding ortho intramolecular Hbond substituents is 1. The highest BCUT2D eigenvalue weighted by molar-refractivity contribution is 6.03. The van der Waals surface area contributed by atoms with E-state index in [1.807, 2.05) is 60.8 Å². The van der Waals surface area contributed by atoms with E-state index in [1.165, 1.54) is 6.21 Å². The summed E-state index contributed by atoms with van der Waals surface area (Å²) in [5.74, 6) is -0.212. The van der Waals surface area contributed by atoms with Crippen molar-refractivity contribution in [1.82, 2.24) is 15.2 Å². The molecule has 3 aromatic carbocycles. The molecule has 0 bridgehead atoms. The highest BCUT2D eigenvalue weighted by Gasteiger charge is 2.07. The fraction of sp³-hybridized carbons (Fsp3) is 0.0455. The molecule has 0 aliphatic carbocycles. The van der Waals surface area contributed by atoms with Gasteiger partial charge < -0.3 is 5.11 Å². The van der Waals surface area contributed by atoms with Gasteiger partial charge >= 0.3 is 0 Å². The second-order valence-electron chi connectivity index (χ2n) is 6.32. The van der Waals surface area contributed by atoms with Crippen LogP contribution in [0.4, 0.5) is 0 Å². The molecule has 6 nitrogen and oxygen atoms in total. The van der Waals surface area contributed by atoms with Gasteiger partial charge in [0.15, 0.2) is 0 Å². The largest absolute Gasteiger partial charge is 0.507 e. The third-order valence-electron chi connectivity index (χ3n) is 4.40. The first-order valence-electron chi connectivity index (χ1n) is 8.81. The van der Waals surface area contributed by atoms with Gasteiger partial charge in [-0.3, -0.25) is 9.48 Å². The summed E-state index contributed by atoms with van der Waals surface area (Å²) in [6, 6.07) is 20.3. The molecule has 1 heterocycles. The second kappa shape index (κ2) is 7.75. The second-order valence-corrected chi connectivity index (χ2v) is 6.32. The smallest absolute Gasteiger partial charge is 0.271 e. The Hall–Kier alpha value is -3.93. The van der Waals surface area contributed by atoms with Gasteiger partial charge in [-0.2, -0.15) is 10.2 Å². The molecule has 0 aliphatic rings. The predicted octanol–water partition coefficient (Wildman–Crippen LogP) is 3.55. The van der Waals surface area contributed by atoms with Crippen molar-refractivity contribution in [1.29, 1.82) is 0 Å². The first-order chi connectivity index (χ1) is 13.7. The Morgan fingerprint density at radius 2 is 2.00 bits per heavy atom. The molecular formula is C22H18N4O2. The molecule has 4 aromatic rings. The number of carbonyl (C=O) groups is 1. The van der Waals surface area contributed by atoms with Crippen LogP contribution in [-0.4, -0.2) is 27.0 Å². The molecule has 1 amide bonds. The van der Waals surface area contributed by atoms with Crippen molar-refractivity contribution in [3.05, 3.63) is 95.8 Å². The zero-order valence-corrected chi connectivity index (χ0v) is 15.0. The minimum Gasteiger partial charge on any atom is -0.507 e. The highest BCUT2D eigenvalue weighted by Crippen LogP contribution is 2.25. The van der Waals surface area contributed by atoms with Gasteiger partial charge in [0.25, 0.3) is 5.91 Å². The number of hydrogen-bond donors (Lipinski definition) is 2. The fourth-order valence-electron chi connectivity index (χ4n) is 3.03. The summed E-state index contributed by atoms with van der Waals surface area (Å²) >= 11 is 0. The standard InChI is InChI=1S/C22H18N4O2/c27-21-10-9-17-6-1-2-8-19(17)20(21)14-23-25-22(28)18-7-3-5-16(13-18)15-26-12-4-11-24-26/h1-14,27H,15H2,(H,25,28). The van der Waals surface area contributed by atoms with Crippen LogP contribution in [0.15, 0.2) is 84.2 Å². The van der Waals surface area contributed by atoms with E-state index in [-0.39, 0.29) is 11.7 Å². The number of nitrogens with zero attached hydrogens (tertiary/aromatic N) is 3. The number of carbonyl (C=O) groups excluding carboxylic acids is 1. The fourth-order valence-corrected chi connectivity index (χ4v) is 3.03. The SMILES string of the molecule is O=C(NN=Cc1c(O)ccc2ccccc12)c1cccc(Cn2cccn2)c1. The van der Waals surface area contributed by atoms with Crippen LogP contribution in [-0.2, 0) is 6.54 Å². The lowest BCUT2D eigenvalue weighted by atomic mass is 10.0. The lowest BCUT2D eigenvalue weighted by Crippen LogP contribution is -2.18. The highest BCUT2D eigenvalue weighted by atomic mass is 16.3. The van der Waals surface area contributed by atoms with E-state index >= 15 is 0 Å². The third-order valence-corrected chi connectivity index (χ3v) is 4.40. The monoisotopic (exact) mass is 370 g/mol. The number of aromatic hydroxyl groups is 1. The molecular weight excluding hydrogens is 352 g/mol. The van der Waals surface area contributed by atoms with E-state index in [9.17, 15) is 9.90 Å². The molecule has 0 radical (unpaired) electrons. The van der Waals surface area contributed by atoms with E-state index in [1.54, 1.807) is 23.0 Å². The molecule has 0 saturated carbocycles. The Morgan fingerprint density at radius 1 is 1.11 bits per heavy atom. The zero-order valence-electron chi connectivity index (χ0n) is 15.0. The van der Waals surface area contributed by atoms with E-state index in [0.717, 1.165) is 16.3 Å². The minimum absolute atomic E-state index is 0.109. The Kier molecular flexibility index (Phi) is 4.84. The number of aromatic nitrogens is 2. The lowest BCUT2D eigenvalue weighted by Gasteiger charge is -2.06. The molecule has 0 unspecified atom stereocenters. The maximum Gasteiger partial charge on any atom is 0.271 e. The van der Waals surface area contributed by atoms with Crippen LogP contribution in [0, 0.1) is 0 Å². The molecule has 0 aliphatic heterocycles. The molecule has 2 N–H and O–H groups in total. The molecule has 0 spiro atoms. The third kappa shape index (κ3) is 3.76. The van der Waals surface area contributed by atoms with Gasteiger partial charge in [0.1, 0.15) is 5.75 Å². The maximum atomic E-state index is 12.4. The molecule has 0 atom stereocenters. The summed E-state index contributed by atoms with van der Waals surface area (Å²) in [7, 11) is 0. The van der Waals surface area contributed by atoms with Crippen molar-refractivity contribution in [2.24, 2.45) is 5.10 Å². The van der Waals surface area contributed by atoms with Crippen LogP contribution in [0.3, 0.4) is 0 Å². The van der Waals surface area contributed by atoms with Crippen molar-refractivity contribution < 1.29 is 9.90 Å². The van der Waals surface area contributed by atoms with E-state index in [2.05, 4.69) is 15.6 Å². The molecule has 6 heteroatoms. The maximum absolute atomic E-state index is 12.4. The molecule has 1 aromatic heterocycles. The number of nitrogens with one attached hydrogen (secondary N) is 1. The molecule has 4 rings (SSSR count). The zero-order chi connectivity index (χ0) is 19.3. The quantitative estimate of drug-likeness (QED) is 0.416.